The number of hydrogen-bond donors (Lipinski definition) is 1. The summed E-state index contributed by atoms with van der Waals surface area (Å²) in [5.74, 6) is 0. The minimum Gasteiger partial charge on any atom is -0.530 e. The summed E-state index contributed by atoms with van der Waals surface area (Å²) in [6, 6.07) is 0. The molecule has 54 valence electrons. The van der Waals surface area contributed by atoms with Crippen LogP contribution < -0.4 is 10.4 Å². The molecule has 0 aromatic rings. The fourth-order valence-electron chi connectivity index (χ4n) is 0.283. The van der Waals surface area contributed by atoms with Crippen molar-refractivity contribution >= 4 is 6.09 Å². The molecule has 0 fully saturated rings. The van der Waals surface area contributed by atoms with Crippen LogP contribution >= 0.6 is 0 Å². The van der Waals surface area contributed by atoms with Gasteiger partial charge in [0.05, 0.1) is 0 Å². The van der Waals surface area contributed by atoms with Crippen molar-refractivity contribution in [1.82, 2.24) is 5.32 Å². The van der Waals surface area contributed by atoms with Gasteiger partial charge in [0.15, 0.2) is 0 Å². The van der Waals surface area contributed by atoms with E-state index >= 15 is 0 Å². The lowest BCUT2D eigenvalue weighted by atomic mass is 10.4. The zero-order chi connectivity index (χ0) is 7.28. The Hall–Kier alpha value is -0.870. The molecular weight excluding hydrogens is 132 g/mol. The number of carboxylic acid groups (broad SMARTS) is 1. The van der Waals surface area contributed by atoms with Gasteiger partial charge >= 0.3 is 0 Å². The number of carbonyl (C=O) groups excluding carboxylic acids is 1. The highest BCUT2D eigenvalue weighted by molar-refractivity contribution is 5.61. The maximum Gasteiger partial charge on any atom is 0.240 e. The van der Waals surface area contributed by atoms with E-state index < -0.39 is 18.9 Å². The highest BCUT2D eigenvalue weighted by Crippen LogP contribution is 1.95. The number of nitrogens with one attached hydrogen (secondary N) is 1. The number of halogens is 2. The zero-order valence-electron chi connectivity index (χ0n) is 4.56. The van der Waals surface area contributed by atoms with Crippen molar-refractivity contribution in [2.45, 2.75) is 12.8 Å². The van der Waals surface area contributed by atoms with Crippen LogP contribution in [0.1, 0.15) is 6.42 Å². The smallest absolute Gasteiger partial charge is 0.240 e. The first-order chi connectivity index (χ1) is 4.13. The number of hydrogen-bond acceptors (Lipinski definition) is 2. The second kappa shape index (κ2) is 4.05. The molecule has 0 saturated carbocycles. The second-order valence-corrected chi connectivity index (χ2v) is 1.39. The molecule has 0 aliphatic rings. The van der Waals surface area contributed by atoms with E-state index in [1.54, 1.807) is 5.32 Å². The van der Waals surface area contributed by atoms with E-state index in [1.165, 1.54) is 0 Å². The van der Waals surface area contributed by atoms with E-state index in [1.807, 2.05) is 0 Å². The van der Waals surface area contributed by atoms with E-state index in [4.69, 9.17) is 0 Å². The molecule has 0 aliphatic carbocycles. The summed E-state index contributed by atoms with van der Waals surface area (Å²) in [6.07, 6.45) is -4.44. The first-order valence-electron chi connectivity index (χ1n) is 2.36. The summed E-state index contributed by atoms with van der Waals surface area (Å²) >= 11 is 0. The Labute approximate surface area is 50.7 Å². The minimum atomic E-state index is -2.46. The lowest BCUT2D eigenvalue weighted by Gasteiger charge is -2.03. The van der Waals surface area contributed by atoms with Crippen LogP contribution in [0.3, 0.4) is 0 Å². The predicted octanol–water partition coefficient (Wildman–Crippen LogP) is -0.426. The van der Waals surface area contributed by atoms with Crippen LogP contribution in [-0.2, 0) is 0 Å². The fraction of sp³-hybridized carbons (Fsp3) is 0.750. The van der Waals surface area contributed by atoms with Gasteiger partial charge in [0, 0.05) is 13.0 Å². The van der Waals surface area contributed by atoms with Gasteiger partial charge in [0.1, 0.15) is 6.09 Å². The molecule has 1 amide bonds. The second-order valence-electron chi connectivity index (χ2n) is 1.39. The molecule has 0 heterocycles. The van der Waals surface area contributed by atoms with Gasteiger partial charge in [0.25, 0.3) is 0 Å². The van der Waals surface area contributed by atoms with Gasteiger partial charge in [-0.15, -0.1) is 0 Å². The van der Waals surface area contributed by atoms with E-state index in [-0.39, 0.29) is 6.54 Å². The molecular formula is C4H6F2NO2-. The van der Waals surface area contributed by atoms with E-state index in [0.29, 0.717) is 0 Å². The van der Waals surface area contributed by atoms with Crippen molar-refractivity contribution in [2.75, 3.05) is 6.54 Å². The first-order valence-corrected chi connectivity index (χ1v) is 2.36. The average molecular weight is 138 g/mol. The fourth-order valence-corrected chi connectivity index (χ4v) is 0.283. The molecule has 5 heteroatoms. The molecule has 0 bridgehead atoms. The van der Waals surface area contributed by atoms with Gasteiger partial charge in [0.2, 0.25) is 6.43 Å². The number of alkyl halides is 2. The summed E-state index contributed by atoms with van der Waals surface area (Å²) in [6.45, 7) is -0.250. The summed E-state index contributed by atoms with van der Waals surface area (Å²) in [7, 11) is 0. The Bertz CT molecular complexity index is 96.6. The molecule has 0 aromatic carbocycles. The molecule has 1 N–H and O–H groups in total. The molecule has 9 heavy (non-hydrogen) atoms. The Balaban J connectivity index is 3.01. The van der Waals surface area contributed by atoms with Crippen LogP contribution in [0, 0.1) is 0 Å². The maximum atomic E-state index is 11.2. The van der Waals surface area contributed by atoms with E-state index in [0.717, 1.165) is 0 Å². The van der Waals surface area contributed by atoms with Crippen LogP contribution in [0.2, 0.25) is 0 Å². The number of rotatable bonds is 3. The molecule has 3 nitrogen and oxygen atoms in total. The summed E-state index contributed by atoms with van der Waals surface area (Å²) < 4.78 is 22.5. The Morgan fingerprint density at radius 1 is 1.67 bits per heavy atom. The van der Waals surface area contributed by atoms with Crippen LogP contribution in [0.25, 0.3) is 0 Å². The van der Waals surface area contributed by atoms with E-state index in [9.17, 15) is 18.7 Å². The van der Waals surface area contributed by atoms with Gasteiger partial charge in [-0.1, -0.05) is 0 Å². The lowest BCUT2D eigenvalue weighted by molar-refractivity contribution is -0.250. The Kier molecular flexibility index (Phi) is 3.66. The van der Waals surface area contributed by atoms with Crippen molar-refractivity contribution in [1.29, 1.82) is 0 Å². The van der Waals surface area contributed by atoms with Crippen molar-refractivity contribution in [3.63, 3.8) is 0 Å². The SMILES string of the molecule is O=C([O-])NCCC(F)F. The topological polar surface area (TPSA) is 52.2 Å². The molecule has 0 atom stereocenters. The zero-order valence-corrected chi connectivity index (χ0v) is 4.56. The van der Waals surface area contributed by atoms with Gasteiger partial charge in [-0.3, -0.25) is 0 Å². The quantitative estimate of drug-likeness (QED) is 0.575. The van der Waals surface area contributed by atoms with Gasteiger partial charge in [-0.05, 0) is 0 Å². The number of carbonyl (C=O) groups is 1. The number of amides is 1. The molecule has 0 spiro atoms. The van der Waals surface area contributed by atoms with Crippen LogP contribution in [0.4, 0.5) is 13.6 Å². The molecule has 0 rings (SSSR count). The first kappa shape index (κ1) is 8.13. The third-order valence-corrected chi connectivity index (χ3v) is 0.632. The lowest BCUT2D eigenvalue weighted by Crippen LogP contribution is -2.37. The molecule has 0 saturated heterocycles. The largest absolute Gasteiger partial charge is 0.530 e. The summed E-state index contributed by atoms with van der Waals surface area (Å²) in [5.41, 5.74) is 0. The van der Waals surface area contributed by atoms with E-state index in [2.05, 4.69) is 0 Å². The average Bonchev–Trinajstić information content (AvgIpc) is 1.63. The minimum absolute atomic E-state index is 0.250. The van der Waals surface area contributed by atoms with Crippen molar-refractivity contribution in [3.05, 3.63) is 0 Å². The van der Waals surface area contributed by atoms with Crippen LogP contribution in [-0.4, -0.2) is 19.1 Å². The van der Waals surface area contributed by atoms with Crippen LogP contribution in [0.5, 0.6) is 0 Å². The standard InChI is InChI=1S/C4H7F2NO2/c5-3(6)1-2-7-4(8)9/h3,7H,1-2H2,(H,8,9)/p-1. The van der Waals surface area contributed by atoms with Gasteiger partial charge < -0.3 is 15.2 Å². The molecule has 0 radical (unpaired) electrons. The van der Waals surface area contributed by atoms with Crippen LogP contribution in [0.15, 0.2) is 0 Å². The predicted molar refractivity (Wildman–Crippen MR) is 24.0 cm³/mol. The Morgan fingerprint density at radius 2 is 2.22 bits per heavy atom. The van der Waals surface area contributed by atoms with Crippen molar-refractivity contribution in [2.24, 2.45) is 0 Å². The van der Waals surface area contributed by atoms with Gasteiger partial charge in [-0.2, -0.15) is 0 Å². The highest BCUT2D eigenvalue weighted by atomic mass is 19.3. The highest BCUT2D eigenvalue weighted by Gasteiger charge is 1.99. The third-order valence-electron chi connectivity index (χ3n) is 0.632. The monoisotopic (exact) mass is 138 g/mol. The summed E-state index contributed by atoms with van der Waals surface area (Å²) in [5, 5.41) is 11.2. The molecule has 0 aromatic heterocycles. The van der Waals surface area contributed by atoms with Crippen molar-refractivity contribution < 1.29 is 18.7 Å². The molecule has 0 unspecified atom stereocenters. The maximum absolute atomic E-state index is 11.2. The normalized spacial score (nSPS) is 9.67. The Morgan fingerprint density at radius 3 is 2.56 bits per heavy atom. The molecule has 0 aliphatic heterocycles. The summed E-state index contributed by atoms with van der Waals surface area (Å²) in [4.78, 5) is 9.51. The van der Waals surface area contributed by atoms with Gasteiger partial charge in [-0.25, -0.2) is 8.78 Å². The van der Waals surface area contributed by atoms with Crippen molar-refractivity contribution in [3.8, 4) is 0 Å². The third kappa shape index (κ3) is 7.13.